The molecule has 4 nitrogen and oxygen atoms in total. The number of anilines is 1. The molecule has 0 aliphatic carbocycles. The Morgan fingerprint density at radius 3 is 2.59 bits per heavy atom. The number of hydrogen-bond donors (Lipinski definition) is 2. The normalized spacial score (nSPS) is 10.3. The zero-order valence-corrected chi connectivity index (χ0v) is 12.4. The van der Waals surface area contributed by atoms with Crippen LogP contribution in [0.4, 0.5) is 14.9 Å². The number of urea groups is 1. The van der Waals surface area contributed by atoms with Crippen molar-refractivity contribution in [2.24, 2.45) is 0 Å². The maximum Gasteiger partial charge on any atom is 0.322 e. The Kier molecular flexibility index (Phi) is 5.49. The van der Waals surface area contributed by atoms with E-state index >= 15 is 0 Å². The van der Waals surface area contributed by atoms with Gasteiger partial charge < -0.3 is 15.3 Å². The van der Waals surface area contributed by atoms with E-state index in [1.807, 2.05) is 30.3 Å². The van der Waals surface area contributed by atoms with Gasteiger partial charge in [0.1, 0.15) is 5.82 Å². The highest BCUT2D eigenvalue weighted by Gasteiger charge is 2.14. The molecule has 2 aromatic rings. The Hall–Kier alpha value is -2.40. The number of nitrogens with zero attached hydrogens (tertiary/aromatic N) is 1. The zero-order valence-electron chi connectivity index (χ0n) is 12.4. The van der Waals surface area contributed by atoms with Gasteiger partial charge in [-0.1, -0.05) is 30.3 Å². The van der Waals surface area contributed by atoms with Crippen molar-refractivity contribution in [2.45, 2.75) is 13.5 Å². The predicted molar refractivity (Wildman–Crippen MR) is 84.1 cm³/mol. The Balaban J connectivity index is 2.09. The highest BCUT2D eigenvalue weighted by Crippen LogP contribution is 2.14. The summed E-state index contributed by atoms with van der Waals surface area (Å²) in [6, 6.07) is 13.5. The molecule has 0 bridgehead atoms. The molecular weight excluding hydrogens is 283 g/mol. The number of amides is 2. The largest absolute Gasteiger partial charge is 0.395 e. The van der Waals surface area contributed by atoms with Gasteiger partial charge in [-0.2, -0.15) is 0 Å². The SMILES string of the molecule is Cc1cc(F)cc(NC(=O)N(CCO)Cc2ccccc2)c1. The molecule has 0 aromatic heterocycles. The van der Waals surface area contributed by atoms with Crippen molar-refractivity contribution in [1.82, 2.24) is 4.90 Å². The molecule has 0 spiro atoms. The highest BCUT2D eigenvalue weighted by molar-refractivity contribution is 5.89. The standard InChI is InChI=1S/C17H19FN2O2/c1-13-9-15(18)11-16(10-13)19-17(22)20(7-8-21)12-14-5-3-2-4-6-14/h2-6,9-11,21H,7-8,12H2,1H3,(H,19,22). The average Bonchev–Trinajstić information content (AvgIpc) is 2.46. The van der Waals surface area contributed by atoms with Gasteiger partial charge >= 0.3 is 6.03 Å². The fraction of sp³-hybridized carbons (Fsp3) is 0.235. The number of carbonyl (C=O) groups excluding carboxylic acids is 1. The first-order chi connectivity index (χ1) is 10.6. The second kappa shape index (κ2) is 7.56. The van der Waals surface area contributed by atoms with E-state index < -0.39 is 5.82 Å². The first-order valence-corrected chi connectivity index (χ1v) is 7.06. The molecule has 0 fully saturated rings. The van der Waals surface area contributed by atoms with Gasteiger partial charge in [-0.15, -0.1) is 0 Å². The number of aliphatic hydroxyl groups excluding tert-OH is 1. The number of carbonyl (C=O) groups is 1. The van der Waals surface area contributed by atoms with Crippen LogP contribution >= 0.6 is 0 Å². The van der Waals surface area contributed by atoms with Crippen LogP contribution in [0.15, 0.2) is 48.5 Å². The van der Waals surface area contributed by atoms with Crippen molar-refractivity contribution in [3.8, 4) is 0 Å². The summed E-state index contributed by atoms with van der Waals surface area (Å²) in [5, 5.41) is 11.8. The summed E-state index contributed by atoms with van der Waals surface area (Å²) < 4.78 is 13.4. The van der Waals surface area contributed by atoms with Crippen molar-refractivity contribution >= 4 is 11.7 Å². The fourth-order valence-corrected chi connectivity index (χ4v) is 2.19. The smallest absolute Gasteiger partial charge is 0.322 e. The van der Waals surface area contributed by atoms with Gasteiger partial charge in [0.25, 0.3) is 0 Å². The maximum atomic E-state index is 13.4. The van der Waals surface area contributed by atoms with Gasteiger partial charge in [-0.3, -0.25) is 0 Å². The van der Waals surface area contributed by atoms with E-state index in [0.29, 0.717) is 12.2 Å². The van der Waals surface area contributed by atoms with E-state index in [2.05, 4.69) is 5.32 Å². The maximum absolute atomic E-state index is 13.4. The summed E-state index contributed by atoms with van der Waals surface area (Å²) in [4.78, 5) is 13.8. The van der Waals surface area contributed by atoms with Crippen LogP contribution < -0.4 is 5.32 Å². The Morgan fingerprint density at radius 2 is 1.95 bits per heavy atom. The molecule has 2 rings (SSSR count). The molecule has 0 atom stereocenters. The lowest BCUT2D eigenvalue weighted by atomic mass is 10.2. The zero-order chi connectivity index (χ0) is 15.9. The van der Waals surface area contributed by atoms with Crippen molar-refractivity contribution in [1.29, 1.82) is 0 Å². The Bertz CT molecular complexity index is 612. The lowest BCUT2D eigenvalue weighted by Crippen LogP contribution is -2.36. The van der Waals surface area contributed by atoms with E-state index in [1.165, 1.54) is 17.0 Å². The third kappa shape index (κ3) is 4.56. The molecule has 22 heavy (non-hydrogen) atoms. The first kappa shape index (κ1) is 16.0. The molecule has 2 N–H and O–H groups in total. The van der Waals surface area contributed by atoms with Crippen LogP contribution in [0.3, 0.4) is 0 Å². The molecule has 0 heterocycles. The van der Waals surface area contributed by atoms with Gasteiger partial charge in [0.15, 0.2) is 0 Å². The third-order valence-electron chi connectivity index (χ3n) is 3.17. The van der Waals surface area contributed by atoms with Crippen LogP contribution in [0.1, 0.15) is 11.1 Å². The molecule has 2 amide bonds. The minimum Gasteiger partial charge on any atom is -0.395 e. The van der Waals surface area contributed by atoms with E-state index in [9.17, 15) is 9.18 Å². The van der Waals surface area contributed by atoms with Crippen LogP contribution in [-0.2, 0) is 6.54 Å². The number of hydrogen-bond acceptors (Lipinski definition) is 2. The lowest BCUT2D eigenvalue weighted by molar-refractivity contribution is 0.185. The number of rotatable bonds is 5. The van der Waals surface area contributed by atoms with Crippen LogP contribution in [0.25, 0.3) is 0 Å². The van der Waals surface area contributed by atoms with E-state index in [0.717, 1.165) is 11.1 Å². The van der Waals surface area contributed by atoms with Gasteiger partial charge in [0, 0.05) is 18.8 Å². The topological polar surface area (TPSA) is 52.6 Å². The summed E-state index contributed by atoms with van der Waals surface area (Å²) in [5.41, 5.74) is 2.09. The minimum absolute atomic E-state index is 0.136. The molecule has 116 valence electrons. The molecule has 0 aliphatic heterocycles. The number of aliphatic hydroxyl groups is 1. The minimum atomic E-state index is -0.396. The van der Waals surface area contributed by atoms with Crippen molar-refractivity contribution in [2.75, 3.05) is 18.5 Å². The Morgan fingerprint density at radius 1 is 1.23 bits per heavy atom. The van der Waals surface area contributed by atoms with Crippen molar-refractivity contribution in [3.05, 3.63) is 65.5 Å². The molecule has 0 radical (unpaired) electrons. The summed E-state index contributed by atoms with van der Waals surface area (Å²) in [6.07, 6.45) is 0. The second-order valence-corrected chi connectivity index (χ2v) is 5.08. The predicted octanol–water partition coefficient (Wildman–Crippen LogP) is 3.16. The number of nitrogens with one attached hydrogen (secondary N) is 1. The fourth-order valence-electron chi connectivity index (χ4n) is 2.19. The van der Waals surface area contributed by atoms with Crippen LogP contribution in [-0.4, -0.2) is 29.2 Å². The highest BCUT2D eigenvalue weighted by atomic mass is 19.1. The number of benzene rings is 2. The molecular formula is C17H19FN2O2. The molecule has 0 unspecified atom stereocenters. The van der Waals surface area contributed by atoms with Crippen molar-refractivity contribution < 1.29 is 14.3 Å². The van der Waals surface area contributed by atoms with E-state index in [4.69, 9.17) is 5.11 Å². The van der Waals surface area contributed by atoms with E-state index in [-0.39, 0.29) is 19.2 Å². The number of halogens is 1. The molecule has 5 heteroatoms. The second-order valence-electron chi connectivity index (χ2n) is 5.08. The van der Waals surface area contributed by atoms with Gasteiger partial charge in [0.05, 0.1) is 6.61 Å². The van der Waals surface area contributed by atoms with Crippen LogP contribution in [0.2, 0.25) is 0 Å². The van der Waals surface area contributed by atoms with Crippen LogP contribution in [0.5, 0.6) is 0 Å². The van der Waals surface area contributed by atoms with Crippen LogP contribution in [0, 0.1) is 12.7 Å². The third-order valence-corrected chi connectivity index (χ3v) is 3.17. The number of aryl methyl sites for hydroxylation is 1. The summed E-state index contributed by atoms with van der Waals surface area (Å²) in [7, 11) is 0. The molecule has 0 saturated heterocycles. The summed E-state index contributed by atoms with van der Waals surface area (Å²) in [6.45, 7) is 2.20. The van der Waals surface area contributed by atoms with Gasteiger partial charge in [0.2, 0.25) is 0 Å². The quantitative estimate of drug-likeness (QED) is 0.891. The van der Waals surface area contributed by atoms with Gasteiger partial charge in [-0.05, 0) is 36.2 Å². The summed E-state index contributed by atoms with van der Waals surface area (Å²) in [5.74, 6) is -0.396. The average molecular weight is 302 g/mol. The first-order valence-electron chi connectivity index (χ1n) is 7.06. The monoisotopic (exact) mass is 302 g/mol. The molecule has 2 aromatic carbocycles. The molecule has 0 saturated carbocycles. The van der Waals surface area contributed by atoms with E-state index in [1.54, 1.807) is 13.0 Å². The molecule has 0 aliphatic rings. The Labute approximate surface area is 129 Å². The van der Waals surface area contributed by atoms with Gasteiger partial charge in [-0.25, -0.2) is 9.18 Å². The summed E-state index contributed by atoms with van der Waals surface area (Å²) >= 11 is 0. The van der Waals surface area contributed by atoms with Crippen molar-refractivity contribution in [3.63, 3.8) is 0 Å². The lowest BCUT2D eigenvalue weighted by Gasteiger charge is -2.22.